The van der Waals surface area contributed by atoms with Crippen LogP contribution >= 0.6 is 0 Å². The second-order valence-electron chi connectivity index (χ2n) is 8.47. The van der Waals surface area contributed by atoms with E-state index in [9.17, 15) is 27.7 Å². The van der Waals surface area contributed by atoms with Crippen molar-refractivity contribution in [3.05, 3.63) is 0 Å². The van der Waals surface area contributed by atoms with Crippen LogP contribution in [0.5, 0.6) is 0 Å². The van der Waals surface area contributed by atoms with Crippen LogP contribution < -0.4 is 5.73 Å². The van der Waals surface area contributed by atoms with E-state index < -0.39 is 33.2 Å². The Balaban J connectivity index is 3.81. The molecule has 0 spiro atoms. The second-order valence-corrected chi connectivity index (χ2v) is 10.2. The Hall–Kier alpha value is -1.15. The first-order valence-electron chi connectivity index (χ1n) is 11.7. The Kier molecular flexibility index (Phi) is 15.9. The average molecular weight is 450 g/mol. The molecule has 1 unspecified atom stereocenters. The van der Waals surface area contributed by atoms with E-state index in [1.807, 2.05) is 0 Å². The van der Waals surface area contributed by atoms with Gasteiger partial charge in [-0.05, 0) is 6.42 Å². The van der Waals surface area contributed by atoms with E-state index in [4.69, 9.17) is 5.73 Å². The van der Waals surface area contributed by atoms with E-state index in [1.165, 1.54) is 70.6 Å². The van der Waals surface area contributed by atoms with Gasteiger partial charge in [0, 0.05) is 0 Å². The molecule has 8 heteroatoms. The summed E-state index contributed by atoms with van der Waals surface area (Å²) < 4.78 is 30.0. The molecule has 0 radical (unpaired) electrons. The van der Waals surface area contributed by atoms with Crippen LogP contribution in [0.1, 0.15) is 122 Å². The van der Waals surface area contributed by atoms with Crippen molar-refractivity contribution >= 4 is 22.0 Å². The summed E-state index contributed by atoms with van der Waals surface area (Å²) in [5.41, 5.74) is 5.00. The number of carbonyl (C=O) groups is 2. The molecule has 0 bridgehead atoms. The van der Waals surface area contributed by atoms with Gasteiger partial charge in [0.1, 0.15) is 0 Å². The van der Waals surface area contributed by atoms with Crippen LogP contribution in [0.2, 0.25) is 0 Å². The van der Waals surface area contributed by atoms with Gasteiger partial charge in [-0.15, -0.1) is 0 Å². The van der Waals surface area contributed by atoms with Crippen molar-refractivity contribution in [3.63, 3.8) is 0 Å². The van der Waals surface area contributed by atoms with E-state index in [0.717, 1.165) is 19.3 Å². The molecule has 0 heterocycles. The zero-order chi connectivity index (χ0) is 22.9. The maximum absolute atomic E-state index is 11.6. The van der Waals surface area contributed by atoms with Crippen LogP contribution in [-0.4, -0.2) is 34.7 Å². The minimum absolute atomic E-state index is 0.303. The van der Waals surface area contributed by atoms with Gasteiger partial charge < -0.3 is 10.8 Å². The topological polar surface area (TPSA) is 135 Å². The molecule has 1 atom stereocenters. The third kappa shape index (κ3) is 12.5. The van der Waals surface area contributed by atoms with Crippen molar-refractivity contribution in [2.75, 3.05) is 0 Å². The molecular formula is C22H43NO6S. The molecule has 4 N–H and O–H groups in total. The maximum Gasteiger partial charge on any atom is 0.328 e. The fraction of sp³-hybridized carbons (Fsp3) is 0.909. The Labute approximate surface area is 182 Å². The molecule has 0 rings (SSSR count). The van der Waals surface area contributed by atoms with E-state index in [2.05, 4.69) is 6.92 Å². The Morgan fingerprint density at radius 3 is 1.33 bits per heavy atom. The molecule has 1 amide bonds. The van der Waals surface area contributed by atoms with Gasteiger partial charge in [-0.3, -0.25) is 14.1 Å². The number of carbonyl (C=O) groups excluding carboxylic acids is 1. The SMILES string of the molecule is CCCCCCCCCCCCCCCCCCC(CC(N)=O)(C(=O)O)S(=O)(=O)O. The van der Waals surface area contributed by atoms with Gasteiger partial charge in [0.15, 0.2) is 0 Å². The van der Waals surface area contributed by atoms with Crippen LogP contribution in [-0.2, 0) is 19.7 Å². The van der Waals surface area contributed by atoms with Gasteiger partial charge in [-0.1, -0.05) is 110 Å². The third-order valence-electron chi connectivity index (χ3n) is 5.78. The molecule has 0 aromatic carbocycles. The number of amides is 1. The quantitative estimate of drug-likeness (QED) is 0.162. The molecule has 0 aromatic heterocycles. The van der Waals surface area contributed by atoms with Crippen molar-refractivity contribution in [2.45, 2.75) is 127 Å². The average Bonchev–Trinajstić information content (AvgIpc) is 2.65. The first-order valence-corrected chi connectivity index (χ1v) is 13.1. The molecule has 30 heavy (non-hydrogen) atoms. The summed E-state index contributed by atoms with van der Waals surface area (Å²) in [6.45, 7) is 2.24. The predicted molar refractivity (Wildman–Crippen MR) is 120 cm³/mol. The van der Waals surface area contributed by atoms with Crippen LogP contribution in [0.4, 0.5) is 0 Å². The monoisotopic (exact) mass is 449 g/mol. The predicted octanol–water partition coefficient (Wildman–Crippen LogP) is 5.22. The number of rotatable bonds is 21. The van der Waals surface area contributed by atoms with Crippen molar-refractivity contribution in [3.8, 4) is 0 Å². The van der Waals surface area contributed by atoms with Crippen LogP contribution in [0.3, 0.4) is 0 Å². The molecular weight excluding hydrogens is 406 g/mol. The van der Waals surface area contributed by atoms with Crippen LogP contribution in [0, 0.1) is 0 Å². The molecule has 0 saturated carbocycles. The first-order chi connectivity index (χ1) is 14.2. The standard InChI is InChI=1S/C22H43NO6S/c1-2-3-4-5-6-7-8-9-10-11-12-13-14-15-16-17-18-22(21(25)26,19-20(23)24)30(27,28)29/h2-19H2,1H3,(H2,23,24)(H,25,26)(H,27,28,29). The number of nitrogens with two attached hydrogens (primary N) is 1. The highest BCUT2D eigenvalue weighted by Crippen LogP contribution is 2.29. The van der Waals surface area contributed by atoms with E-state index in [1.54, 1.807) is 0 Å². The Morgan fingerprint density at radius 2 is 1.07 bits per heavy atom. The van der Waals surface area contributed by atoms with Crippen molar-refractivity contribution in [2.24, 2.45) is 5.73 Å². The number of hydrogen-bond donors (Lipinski definition) is 3. The lowest BCUT2D eigenvalue weighted by molar-refractivity contribution is -0.142. The number of unbranched alkanes of at least 4 members (excludes halogenated alkanes) is 15. The fourth-order valence-corrected chi connectivity index (χ4v) is 4.79. The lowest BCUT2D eigenvalue weighted by atomic mass is 9.95. The molecule has 0 aliphatic rings. The van der Waals surface area contributed by atoms with Crippen LogP contribution in [0.25, 0.3) is 0 Å². The highest BCUT2D eigenvalue weighted by molar-refractivity contribution is 7.88. The number of aliphatic carboxylic acids is 1. The number of hydrogen-bond acceptors (Lipinski definition) is 4. The highest BCUT2D eigenvalue weighted by Gasteiger charge is 2.51. The number of carboxylic acid groups (broad SMARTS) is 1. The summed E-state index contributed by atoms with van der Waals surface area (Å²) in [4.78, 5) is 22.6. The molecule has 178 valence electrons. The lowest BCUT2D eigenvalue weighted by Crippen LogP contribution is -2.49. The summed E-state index contributed by atoms with van der Waals surface area (Å²) in [7, 11) is -4.94. The molecule has 7 nitrogen and oxygen atoms in total. The highest BCUT2D eigenvalue weighted by atomic mass is 32.2. The lowest BCUT2D eigenvalue weighted by Gasteiger charge is -2.24. The normalized spacial score (nSPS) is 13.8. The summed E-state index contributed by atoms with van der Waals surface area (Å²) in [5.74, 6) is -2.80. The van der Waals surface area contributed by atoms with E-state index >= 15 is 0 Å². The third-order valence-corrected chi connectivity index (χ3v) is 7.29. The second kappa shape index (κ2) is 16.5. The molecule has 0 aliphatic heterocycles. The molecule has 0 aromatic rings. The summed E-state index contributed by atoms with van der Waals surface area (Å²) >= 11 is 0. The fourth-order valence-electron chi connectivity index (χ4n) is 3.84. The summed E-state index contributed by atoms with van der Waals surface area (Å²) in [6, 6.07) is 0. The number of primary amides is 1. The van der Waals surface area contributed by atoms with E-state index in [0.29, 0.717) is 12.8 Å². The maximum atomic E-state index is 11.6. The summed E-state index contributed by atoms with van der Waals surface area (Å²) in [6.07, 6.45) is 17.1. The van der Waals surface area contributed by atoms with Crippen LogP contribution in [0.15, 0.2) is 0 Å². The first kappa shape index (κ1) is 28.9. The van der Waals surface area contributed by atoms with Gasteiger partial charge in [-0.25, -0.2) is 0 Å². The van der Waals surface area contributed by atoms with Crippen molar-refractivity contribution in [1.82, 2.24) is 0 Å². The van der Waals surface area contributed by atoms with Gasteiger partial charge in [0.2, 0.25) is 10.7 Å². The van der Waals surface area contributed by atoms with Crippen molar-refractivity contribution in [1.29, 1.82) is 0 Å². The van der Waals surface area contributed by atoms with Crippen molar-refractivity contribution < 1.29 is 27.7 Å². The Bertz CT molecular complexity index is 578. The minimum atomic E-state index is -4.94. The van der Waals surface area contributed by atoms with Gasteiger partial charge >= 0.3 is 5.97 Å². The zero-order valence-electron chi connectivity index (χ0n) is 18.7. The smallest absolute Gasteiger partial charge is 0.328 e. The minimum Gasteiger partial charge on any atom is -0.480 e. The Morgan fingerprint density at radius 1 is 0.733 bits per heavy atom. The zero-order valence-corrected chi connectivity index (χ0v) is 19.6. The molecule has 0 fully saturated rings. The van der Waals surface area contributed by atoms with Gasteiger partial charge in [0.05, 0.1) is 6.42 Å². The number of carboxylic acids is 1. The summed E-state index contributed by atoms with van der Waals surface area (Å²) in [5, 5.41) is 9.29. The largest absolute Gasteiger partial charge is 0.480 e. The van der Waals surface area contributed by atoms with Gasteiger partial charge in [0.25, 0.3) is 10.1 Å². The van der Waals surface area contributed by atoms with E-state index in [-0.39, 0.29) is 6.42 Å². The van der Waals surface area contributed by atoms with Gasteiger partial charge in [-0.2, -0.15) is 8.42 Å². The molecule has 0 aliphatic carbocycles. The molecule has 0 saturated heterocycles.